The maximum absolute atomic E-state index is 11.0. The lowest BCUT2D eigenvalue weighted by atomic mass is 10.5. The van der Waals surface area contributed by atoms with Crippen molar-refractivity contribution in [3.05, 3.63) is 0 Å². The van der Waals surface area contributed by atoms with Crippen molar-refractivity contribution in [2.75, 3.05) is 12.3 Å². The molecule has 1 N–H and O–H groups in total. The van der Waals surface area contributed by atoms with Gasteiger partial charge in [0.05, 0.1) is 5.75 Å². The highest BCUT2D eigenvalue weighted by Crippen LogP contribution is 2.07. The number of rotatable bonds is 5. The average Bonchev–Trinajstić information content (AvgIpc) is 1.97. The van der Waals surface area contributed by atoms with Gasteiger partial charge >= 0.3 is 0 Å². The van der Waals surface area contributed by atoms with Gasteiger partial charge in [-0.1, -0.05) is 20.8 Å². The van der Waals surface area contributed by atoms with Gasteiger partial charge < -0.3 is 5.32 Å². The second kappa shape index (κ2) is 6.53. The van der Waals surface area contributed by atoms with Crippen LogP contribution < -0.4 is 5.32 Å². The molecule has 0 bridgehead atoms. The minimum Gasteiger partial charge on any atom is -0.355 e. The molecule has 0 aromatic carbocycles. The van der Waals surface area contributed by atoms with Crippen LogP contribution in [0.4, 0.5) is 0 Å². The highest BCUT2D eigenvalue weighted by atomic mass is 32.2. The van der Waals surface area contributed by atoms with Crippen LogP contribution in [0.15, 0.2) is 0 Å². The lowest BCUT2D eigenvalue weighted by Crippen LogP contribution is -2.26. The summed E-state index contributed by atoms with van der Waals surface area (Å²) < 4.78 is 0. The first-order valence-electron chi connectivity index (χ1n) is 4.05. The predicted molar refractivity (Wildman–Crippen MR) is 50.9 cm³/mol. The van der Waals surface area contributed by atoms with Crippen LogP contribution in [0.3, 0.4) is 0 Å². The zero-order valence-electron chi connectivity index (χ0n) is 7.52. The summed E-state index contributed by atoms with van der Waals surface area (Å²) in [6.07, 6.45) is 1.01. The highest BCUT2D eigenvalue weighted by molar-refractivity contribution is 8.00. The van der Waals surface area contributed by atoms with Crippen LogP contribution in [0.25, 0.3) is 0 Å². The molecule has 0 unspecified atom stereocenters. The fraction of sp³-hybridized carbons (Fsp3) is 0.875. The molecule has 3 heteroatoms. The Morgan fingerprint density at radius 2 is 2.18 bits per heavy atom. The summed E-state index contributed by atoms with van der Waals surface area (Å²) in [4.78, 5) is 11.0. The molecule has 0 saturated heterocycles. The van der Waals surface area contributed by atoms with Crippen LogP contribution in [0.5, 0.6) is 0 Å². The van der Waals surface area contributed by atoms with E-state index < -0.39 is 0 Å². The number of hydrogen-bond donors (Lipinski definition) is 1. The van der Waals surface area contributed by atoms with E-state index in [9.17, 15) is 4.79 Å². The Kier molecular flexibility index (Phi) is 6.42. The van der Waals surface area contributed by atoms with Gasteiger partial charge in [-0.2, -0.15) is 0 Å². The normalized spacial score (nSPS) is 10.2. The minimum absolute atomic E-state index is 0.158. The molecule has 0 saturated carbocycles. The molecule has 0 aromatic heterocycles. The third-order valence-corrected chi connectivity index (χ3v) is 2.22. The number of carbonyl (C=O) groups is 1. The molecular formula is C8H17NOS. The van der Waals surface area contributed by atoms with E-state index >= 15 is 0 Å². The first-order valence-corrected chi connectivity index (χ1v) is 5.10. The molecule has 0 radical (unpaired) electrons. The fourth-order valence-electron chi connectivity index (χ4n) is 0.558. The fourth-order valence-corrected chi connectivity index (χ4v) is 1.14. The predicted octanol–water partition coefficient (Wildman–Crippen LogP) is 1.65. The number of thioether (sulfide) groups is 1. The van der Waals surface area contributed by atoms with Gasteiger partial charge in [0.1, 0.15) is 0 Å². The largest absolute Gasteiger partial charge is 0.355 e. The van der Waals surface area contributed by atoms with Crippen LogP contribution >= 0.6 is 11.8 Å². The summed E-state index contributed by atoms with van der Waals surface area (Å²) in [5.74, 6) is 0.753. The van der Waals surface area contributed by atoms with Crippen molar-refractivity contribution < 1.29 is 4.79 Å². The van der Waals surface area contributed by atoms with E-state index in [1.165, 1.54) is 0 Å². The topological polar surface area (TPSA) is 29.1 Å². The van der Waals surface area contributed by atoms with Gasteiger partial charge in [0.15, 0.2) is 0 Å². The average molecular weight is 175 g/mol. The molecule has 11 heavy (non-hydrogen) atoms. The molecule has 66 valence electrons. The van der Waals surface area contributed by atoms with Gasteiger partial charge in [0, 0.05) is 6.54 Å². The Labute approximate surface area is 73.1 Å². The first kappa shape index (κ1) is 10.8. The highest BCUT2D eigenvalue weighted by Gasteiger charge is 2.01. The quantitative estimate of drug-likeness (QED) is 0.688. The Balaban J connectivity index is 3.23. The van der Waals surface area contributed by atoms with Crippen molar-refractivity contribution >= 4 is 17.7 Å². The van der Waals surface area contributed by atoms with E-state index in [0.29, 0.717) is 11.0 Å². The summed E-state index contributed by atoms with van der Waals surface area (Å²) in [6.45, 7) is 7.04. The van der Waals surface area contributed by atoms with Crippen LogP contribution in [0, 0.1) is 0 Å². The van der Waals surface area contributed by atoms with Crippen LogP contribution in [-0.2, 0) is 4.79 Å². The van der Waals surface area contributed by atoms with Crippen LogP contribution in [-0.4, -0.2) is 23.5 Å². The first-order chi connectivity index (χ1) is 5.16. The lowest BCUT2D eigenvalue weighted by molar-refractivity contribution is -0.118. The Bertz CT molecular complexity index is 115. The molecule has 0 aliphatic rings. The third-order valence-electron chi connectivity index (χ3n) is 1.12. The molecule has 0 aromatic rings. The van der Waals surface area contributed by atoms with Crippen molar-refractivity contribution in [2.45, 2.75) is 32.4 Å². The standard InChI is InChI=1S/C8H17NOS/c1-4-5-9-8(10)6-11-7(2)3/h7H,4-6H2,1-3H3,(H,9,10). The maximum atomic E-state index is 11.0. The van der Waals surface area contributed by atoms with E-state index in [-0.39, 0.29) is 5.91 Å². The molecule has 0 aliphatic heterocycles. The van der Waals surface area contributed by atoms with Gasteiger partial charge in [-0.05, 0) is 11.7 Å². The van der Waals surface area contributed by atoms with Crippen LogP contribution in [0.2, 0.25) is 0 Å². The Hall–Kier alpha value is -0.180. The molecule has 0 atom stereocenters. The molecular weight excluding hydrogens is 158 g/mol. The molecule has 1 amide bonds. The van der Waals surface area contributed by atoms with E-state index in [1.54, 1.807) is 11.8 Å². The zero-order chi connectivity index (χ0) is 8.69. The molecule has 2 nitrogen and oxygen atoms in total. The van der Waals surface area contributed by atoms with Crippen LogP contribution in [0.1, 0.15) is 27.2 Å². The second-order valence-corrected chi connectivity index (χ2v) is 4.27. The second-order valence-electron chi connectivity index (χ2n) is 2.71. The van der Waals surface area contributed by atoms with E-state index in [4.69, 9.17) is 0 Å². The smallest absolute Gasteiger partial charge is 0.230 e. The van der Waals surface area contributed by atoms with E-state index in [1.807, 2.05) is 0 Å². The molecule has 0 heterocycles. The number of nitrogens with one attached hydrogen (secondary N) is 1. The van der Waals surface area contributed by atoms with E-state index in [2.05, 4.69) is 26.1 Å². The molecule has 0 aliphatic carbocycles. The summed E-state index contributed by atoms with van der Waals surface area (Å²) in [6, 6.07) is 0. The summed E-state index contributed by atoms with van der Waals surface area (Å²) >= 11 is 1.68. The Morgan fingerprint density at radius 3 is 2.64 bits per heavy atom. The monoisotopic (exact) mass is 175 g/mol. The van der Waals surface area contributed by atoms with Gasteiger partial charge in [-0.25, -0.2) is 0 Å². The summed E-state index contributed by atoms with van der Waals surface area (Å²) in [7, 11) is 0. The number of hydrogen-bond acceptors (Lipinski definition) is 2. The van der Waals surface area contributed by atoms with E-state index in [0.717, 1.165) is 13.0 Å². The zero-order valence-corrected chi connectivity index (χ0v) is 8.33. The van der Waals surface area contributed by atoms with Crippen molar-refractivity contribution in [1.82, 2.24) is 5.32 Å². The van der Waals surface area contributed by atoms with Gasteiger partial charge in [0.2, 0.25) is 5.91 Å². The molecule has 0 spiro atoms. The SMILES string of the molecule is CCCNC(=O)CSC(C)C. The van der Waals surface area contributed by atoms with Crippen molar-refractivity contribution in [3.8, 4) is 0 Å². The Morgan fingerprint density at radius 1 is 1.55 bits per heavy atom. The lowest BCUT2D eigenvalue weighted by Gasteiger charge is -2.04. The van der Waals surface area contributed by atoms with Crippen molar-refractivity contribution in [1.29, 1.82) is 0 Å². The van der Waals surface area contributed by atoms with Gasteiger partial charge in [-0.15, -0.1) is 11.8 Å². The minimum atomic E-state index is 0.158. The maximum Gasteiger partial charge on any atom is 0.230 e. The number of amides is 1. The third kappa shape index (κ3) is 7.72. The summed E-state index contributed by atoms with van der Waals surface area (Å²) in [5, 5.41) is 3.37. The summed E-state index contributed by atoms with van der Waals surface area (Å²) in [5.41, 5.74) is 0. The van der Waals surface area contributed by atoms with Crippen molar-refractivity contribution in [3.63, 3.8) is 0 Å². The molecule has 0 rings (SSSR count). The number of carbonyl (C=O) groups excluding carboxylic acids is 1. The van der Waals surface area contributed by atoms with Gasteiger partial charge in [0.25, 0.3) is 0 Å². The molecule has 0 fully saturated rings. The van der Waals surface area contributed by atoms with Crippen molar-refractivity contribution in [2.24, 2.45) is 0 Å². The van der Waals surface area contributed by atoms with Gasteiger partial charge in [-0.3, -0.25) is 4.79 Å².